The van der Waals surface area contributed by atoms with E-state index in [1.165, 1.54) is 39.0 Å². The van der Waals surface area contributed by atoms with Gasteiger partial charge in [-0.05, 0) is 59.7 Å². The van der Waals surface area contributed by atoms with E-state index < -0.39 is 0 Å². The Kier molecular flexibility index (Phi) is 3.53. The topological polar surface area (TPSA) is 16.1 Å². The number of benzene rings is 2. The molecular formula is C21H22N2. The molecule has 0 fully saturated rings. The largest absolute Gasteiger partial charge is 0.378 e. The molecule has 4 bridgehead atoms. The van der Waals surface area contributed by atoms with Gasteiger partial charge < -0.3 is 4.90 Å². The van der Waals surface area contributed by atoms with E-state index in [1.54, 1.807) is 0 Å². The number of pyridine rings is 1. The average Bonchev–Trinajstić information content (AvgIpc) is 2.61. The van der Waals surface area contributed by atoms with Gasteiger partial charge in [-0.2, -0.15) is 0 Å². The molecule has 0 saturated heterocycles. The van der Waals surface area contributed by atoms with Crippen molar-refractivity contribution in [3.63, 3.8) is 0 Å². The zero-order chi connectivity index (χ0) is 15.8. The Balaban J connectivity index is 1.84. The van der Waals surface area contributed by atoms with Gasteiger partial charge >= 0.3 is 0 Å². The van der Waals surface area contributed by atoms with E-state index in [0.29, 0.717) is 0 Å². The summed E-state index contributed by atoms with van der Waals surface area (Å²) in [5, 5.41) is 2.82. The zero-order valence-corrected chi connectivity index (χ0v) is 13.8. The first-order valence-corrected chi connectivity index (χ1v) is 8.37. The lowest BCUT2D eigenvalue weighted by molar-refractivity contribution is 0.866. The summed E-state index contributed by atoms with van der Waals surface area (Å²) in [7, 11) is 4.21. The fourth-order valence-electron chi connectivity index (χ4n) is 3.53. The van der Waals surface area contributed by atoms with Gasteiger partial charge in [0.2, 0.25) is 0 Å². The van der Waals surface area contributed by atoms with Crippen LogP contribution in [-0.2, 0) is 25.7 Å². The highest BCUT2D eigenvalue weighted by Gasteiger charge is 2.11. The number of rotatable bonds is 1. The van der Waals surface area contributed by atoms with Crippen molar-refractivity contribution in [1.82, 2.24) is 4.98 Å². The minimum absolute atomic E-state index is 0.998. The number of anilines is 1. The number of hydrogen-bond donors (Lipinski definition) is 0. The van der Waals surface area contributed by atoms with Crippen molar-refractivity contribution in [2.24, 2.45) is 0 Å². The molecule has 5 rings (SSSR count). The van der Waals surface area contributed by atoms with Gasteiger partial charge in [0.25, 0.3) is 0 Å². The van der Waals surface area contributed by atoms with Crippen molar-refractivity contribution in [3.8, 4) is 0 Å². The van der Waals surface area contributed by atoms with Crippen LogP contribution < -0.4 is 4.90 Å². The summed E-state index contributed by atoms with van der Waals surface area (Å²) in [5.41, 5.74) is 6.55. The lowest BCUT2D eigenvalue weighted by Gasteiger charge is -2.15. The summed E-state index contributed by atoms with van der Waals surface area (Å²) >= 11 is 0. The summed E-state index contributed by atoms with van der Waals surface area (Å²) in [6.45, 7) is 0. The first kappa shape index (κ1) is 14.3. The van der Waals surface area contributed by atoms with E-state index in [9.17, 15) is 0 Å². The van der Waals surface area contributed by atoms with Gasteiger partial charge in [0.15, 0.2) is 0 Å². The smallest absolute Gasteiger partial charge is 0.0430 e. The first-order chi connectivity index (χ1) is 11.2. The molecule has 3 aromatic rings. The molecule has 2 heteroatoms. The van der Waals surface area contributed by atoms with Gasteiger partial charge in [-0.25, -0.2) is 0 Å². The summed E-state index contributed by atoms with van der Waals surface area (Å²) < 4.78 is 0. The Morgan fingerprint density at radius 3 is 1.74 bits per heavy atom. The molecule has 0 amide bonds. The highest BCUT2D eigenvalue weighted by atomic mass is 15.1. The lowest BCUT2D eigenvalue weighted by Crippen LogP contribution is -2.11. The van der Waals surface area contributed by atoms with Crippen LogP contribution in [0.3, 0.4) is 0 Å². The predicted molar refractivity (Wildman–Crippen MR) is 97.3 cm³/mol. The fourth-order valence-corrected chi connectivity index (χ4v) is 3.53. The third-order valence-electron chi connectivity index (χ3n) is 4.84. The minimum atomic E-state index is 0.998. The maximum Gasteiger partial charge on any atom is 0.0430 e. The normalized spacial score (nSPS) is 13.8. The van der Waals surface area contributed by atoms with Crippen molar-refractivity contribution < 1.29 is 0 Å². The summed E-state index contributed by atoms with van der Waals surface area (Å²) in [6, 6.07) is 17.9. The minimum Gasteiger partial charge on any atom is -0.378 e. The molecular weight excluding hydrogens is 280 g/mol. The van der Waals surface area contributed by atoms with E-state index in [4.69, 9.17) is 4.98 Å². The van der Waals surface area contributed by atoms with Crippen LogP contribution in [0.25, 0.3) is 10.8 Å². The summed E-state index contributed by atoms with van der Waals surface area (Å²) in [4.78, 5) is 7.07. The van der Waals surface area contributed by atoms with Crippen LogP contribution in [0.2, 0.25) is 0 Å². The highest BCUT2D eigenvalue weighted by molar-refractivity contribution is 5.88. The Bertz CT molecular complexity index is 800. The Labute approximate surface area is 137 Å². The third-order valence-corrected chi connectivity index (χ3v) is 4.84. The summed E-state index contributed by atoms with van der Waals surface area (Å²) in [5.74, 6) is 0. The molecule has 0 saturated carbocycles. The number of aryl methyl sites for hydroxylation is 4. The Hall–Kier alpha value is -2.35. The molecule has 3 heterocycles. The molecule has 2 nitrogen and oxygen atoms in total. The molecule has 0 atom stereocenters. The zero-order valence-electron chi connectivity index (χ0n) is 13.8. The molecule has 2 aromatic carbocycles. The van der Waals surface area contributed by atoms with Crippen molar-refractivity contribution in [3.05, 3.63) is 71.0 Å². The standard InChI is InChI=1S/C21H22N2/c1-23(2)19-13-17-11-9-15-7-8-16(10-12-18(14-19)22-17)21-6-4-3-5-20(15)21/h3-8,13-14H,9-12H2,1-2H3. The Morgan fingerprint density at radius 1 is 0.739 bits per heavy atom. The van der Waals surface area contributed by atoms with Crippen LogP contribution in [0.1, 0.15) is 22.5 Å². The van der Waals surface area contributed by atoms with Crippen molar-refractivity contribution in [2.75, 3.05) is 19.0 Å². The van der Waals surface area contributed by atoms with Crippen molar-refractivity contribution in [2.45, 2.75) is 25.7 Å². The molecule has 0 N–H and O–H groups in total. The fraction of sp³-hybridized carbons (Fsp3) is 0.286. The lowest BCUT2D eigenvalue weighted by atomic mass is 9.95. The first-order valence-electron chi connectivity index (χ1n) is 8.37. The molecule has 0 radical (unpaired) electrons. The number of nitrogens with zero attached hydrogens (tertiary/aromatic N) is 2. The van der Waals surface area contributed by atoms with E-state index in [0.717, 1.165) is 25.7 Å². The van der Waals surface area contributed by atoms with Gasteiger partial charge in [0.05, 0.1) is 0 Å². The third kappa shape index (κ3) is 2.70. The van der Waals surface area contributed by atoms with Crippen LogP contribution in [-0.4, -0.2) is 19.1 Å². The number of hydrogen-bond acceptors (Lipinski definition) is 2. The van der Waals surface area contributed by atoms with Crippen LogP contribution in [0, 0.1) is 0 Å². The molecule has 0 aliphatic carbocycles. The van der Waals surface area contributed by atoms with E-state index in [2.05, 4.69) is 67.5 Å². The second-order valence-corrected chi connectivity index (χ2v) is 6.63. The molecule has 1 aromatic heterocycles. The second kappa shape index (κ2) is 5.69. The van der Waals surface area contributed by atoms with E-state index >= 15 is 0 Å². The highest BCUT2D eigenvalue weighted by Crippen LogP contribution is 2.27. The molecule has 116 valence electrons. The van der Waals surface area contributed by atoms with Gasteiger partial charge in [-0.3, -0.25) is 4.98 Å². The van der Waals surface area contributed by atoms with Crippen molar-refractivity contribution >= 4 is 16.5 Å². The average molecular weight is 302 g/mol. The van der Waals surface area contributed by atoms with Crippen LogP contribution in [0.15, 0.2) is 48.5 Å². The number of aromatic nitrogens is 1. The maximum atomic E-state index is 4.90. The molecule has 23 heavy (non-hydrogen) atoms. The molecule has 2 aliphatic heterocycles. The van der Waals surface area contributed by atoms with Crippen LogP contribution in [0.5, 0.6) is 0 Å². The van der Waals surface area contributed by atoms with Crippen LogP contribution in [0.4, 0.5) is 5.69 Å². The number of fused-ring (bicyclic) bond motifs is 3. The van der Waals surface area contributed by atoms with E-state index in [1.807, 2.05) is 0 Å². The molecule has 2 aliphatic rings. The summed E-state index contributed by atoms with van der Waals surface area (Å²) in [6.07, 6.45) is 4.09. The van der Waals surface area contributed by atoms with Gasteiger partial charge in [-0.1, -0.05) is 36.4 Å². The predicted octanol–water partition coefficient (Wildman–Crippen LogP) is 4.18. The maximum absolute atomic E-state index is 4.90. The van der Waals surface area contributed by atoms with Gasteiger partial charge in [0, 0.05) is 31.2 Å². The van der Waals surface area contributed by atoms with Crippen LogP contribution >= 0.6 is 0 Å². The molecule has 0 spiro atoms. The van der Waals surface area contributed by atoms with Gasteiger partial charge in [-0.15, -0.1) is 0 Å². The second-order valence-electron chi connectivity index (χ2n) is 6.63. The van der Waals surface area contributed by atoms with Crippen molar-refractivity contribution in [1.29, 1.82) is 0 Å². The monoisotopic (exact) mass is 302 g/mol. The van der Waals surface area contributed by atoms with E-state index in [-0.39, 0.29) is 0 Å². The molecule has 0 unspecified atom stereocenters. The van der Waals surface area contributed by atoms with Gasteiger partial charge in [0.1, 0.15) is 0 Å². The SMILES string of the molecule is CN(C)c1cc2nc(c1)CCc1ccc(c3ccccc13)CC2. The quantitative estimate of drug-likeness (QED) is 0.670. The Morgan fingerprint density at radius 2 is 1.26 bits per heavy atom.